The zero-order valence-electron chi connectivity index (χ0n) is 47.7. The van der Waals surface area contributed by atoms with Gasteiger partial charge >= 0.3 is 0 Å². The number of hydrogen-bond donors (Lipinski definition) is 1. The van der Waals surface area contributed by atoms with Crippen molar-refractivity contribution in [3.05, 3.63) is 283 Å². The molecule has 2 aliphatic carbocycles. The summed E-state index contributed by atoms with van der Waals surface area (Å²) in [6.07, 6.45) is 21.0. The van der Waals surface area contributed by atoms with Gasteiger partial charge in [-0.15, -0.1) is 53.2 Å². The van der Waals surface area contributed by atoms with Gasteiger partial charge in [0.2, 0.25) is 0 Å². The third-order valence-corrected chi connectivity index (χ3v) is 20.0. The highest BCUT2D eigenvalue weighted by atomic mass is 32.2. The van der Waals surface area contributed by atoms with Gasteiger partial charge in [0.1, 0.15) is 0 Å². The molecule has 412 valence electrons. The molecule has 0 amide bonds. The first kappa shape index (κ1) is 57.2. The molecule has 0 radical (unpaired) electrons. The summed E-state index contributed by atoms with van der Waals surface area (Å²) < 4.78 is 7.95. The van der Waals surface area contributed by atoms with Crippen LogP contribution in [0.4, 0.5) is 22.7 Å². The van der Waals surface area contributed by atoms with Crippen LogP contribution < -0.4 is 9.80 Å². The molecule has 2 nitrogen and oxygen atoms in total. The van der Waals surface area contributed by atoms with Gasteiger partial charge in [-0.05, 0) is 139 Å². The molecule has 4 heterocycles. The normalized spacial score (nSPS) is 14.9. The van der Waals surface area contributed by atoms with Crippen LogP contribution in [0.1, 0.15) is 70.9 Å². The van der Waals surface area contributed by atoms with Crippen molar-refractivity contribution in [2.24, 2.45) is 0 Å². The van der Waals surface area contributed by atoms with E-state index in [1.807, 2.05) is 123 Å². The van der Waals surface area contributed by atoms with E-state index in [0.29, 0.717) is 5.92 Å². The highest BCUT2D eigenvalue weighted by Crippen LogP contribution is 2.53. The van der Waals surface area contributed by atoms with E-state index in [1.165, 1.54) is 115 Å². The first-order valence-electron chi connectivity index (χ1n) is 28.9. The molecule has 0 saturated heterocycles. The number of thioether (sulfide) groups is 1. The lowest BCUT2D eigenvalue weighted by molar-refractivity contribution is 0.788. The van der Waals surface area contributed by atoms with Crippen molar-refractivity contribution in [2.75, 3.05) is 9.80 Å². The predicted molar refractivity (Wildman–Crippen MR) is 376 cm³/mol. The maximum atomic E-state index is 4.08. The van der Waals surface area contributed by atoms with Crippen molar-refractivity contribution in [1.82, 2.24) is 0 Å². The molecule has 0 N–H and O–H groups in total. The van der Waals surface area contributed by atoms with Gasteiger partial charge < -0.3 is 9.80 Å². The van der Waals surface area contributed by atoms with E-state index < -0.39 is 0 Å². The number of nitrogens with zero attached hydrogens (tertiary/aromatic N) is 2. The van der Waals surface area contributed by atoms with Crippen LogP contribution in [0.15, 0.2) is 282 Å². The number of benzene rings is 9. The molecular formula is C76H68N2S5. The fourth-order valence-corrected chi connectivity index (χ4v) is 16.1. The van der Waals surface area contributed by atoms with Crippen LogP contribution in [0.3, 0.4) is 0 Å². The zero-order chi connectivity index (χ0) is 57.2. The Labute approximate surface area is 511 Å². The summed E-state index contributed by atoms with van der Waals surface area (Å²) in [6, 6.07) is 75.7. The molecular weight excluding hydrogens is 1100 g/mol. The van der Waals surface area contributed by atoms with E-state index in [0.717, 1.165) is 24.2 Å². The average Bonchev–Trinajstić information content (AvgIpc) is 4.42. The Balaban J connectivity index is 0.000000374. The lowest BCUT2D eigenvalue weighted by Crippen LogP contribution is -2.30. The van der Waals surface area contributed by atoms with Gasteiger partial charge in [0.05, 0.1) is 6.04 Å². The van der Waals surface area contributed by atoms with Crippen molar-refractivity contribution in [1.29, 1.82) is 0 Å². The molecule has 1 aliphatic heterocycles. The highest BCUT2D eigenvalue weighted by molar-refractivity contribution is 8.03. The molecule has 0 fully saturated rings. The van der Waals surface area contributed by atoms with Crippen LogP contribution in [0.5, 0.6) is 0 Å². The maximum Gasteiger partial charge on any atom is 0.0560 e. The van der Waals surface area contributed by atoms with Crippen molar-refractivity contribution in [3.63, 3.8) is 0 Å². The van der Waals surface area contributed by atoms with E-state index in [1.54, 1.807) is 0 Å². The predicted octanol–water partition coefficient (Wildman–Crippen LogP) is 24.7. The minimum Gasteiger partial charge on any atom is -0.334 e. The molecule has 0 spiro atoms. The summed E-state index contributed by atoms with van der Waals surface area (Å²) >= 11 is 11.7. The van der Waals surface area contributed by atoms with Crippen molar-refractivity contribution in [3.8, 4) is 0 Å². The van der Waals surface area contributed by atoms with E-state index in [4.69, 9.17) is 0 Å². The molecule has 2 atom stereocenters. The fraction of sp³-hybridized carbons (Fsp3) is 0.132. The summed E-state index contributed by atoms with van der Waals surface area (Å²) in [4.78, 5) is 8.87. The van der Waals surface area contributed by atoms with Crippen LogP contribution in [0, 0.1) is 0 Å². The van der Waals surface area contributed by atoms with Gasteiger partial charge in [-0.3, -0.25) is 0 Å². The molecule has 3 aromatic heterocycles. The van der Waals surface area contributed by atoms with Gasteiger partial charge in [0.25, 0.3) is 0 Å². The molecule has 7 heteroatoms. The molecule has 2 unspecified atom stereocenters. The monoisotopic (exact) mass is 1170 g/mol. The second-order valence-corrected chi connectivity index (χ2v) is 24.8. The van der Waals surface area contributed by atoms with Crippen LogP contribution in [-0.4, -0.2) is 6.04 Å². The van der Waals surface area contributed by atoms with E-state index in [2.05, 4.69) is 241 Å². The fourth-order valence-electron chi connectivity index (χ4n) is 11.2. The Hall–Kier alpha value is -7.62. The number of anilines is 4. The molecule has 9 aromatic carbocycles. The Morgan fingerprint density at radius 1 is 0.518 bits per heavy atom. The molecule has 83 heavy (non-hydrogen) atoms. The standard InChI is InChI=1S/C60H40N2S4.C6H6S.C6H10.2C2H6/c1-5-13-53-45(9-1)49-29-25-41(33-57(49)63-53)61(42-26-30-50-46-10-2-6-14-54(46)64-58(50)34-42)39-21-17-37(18-22-39)38-19-23-40(24-20-38)62(43-27-31-51-47-11-3-7-15-55(47)65-59(51)35-43)44-28-32-52-48-12-4-8-16-56(48)66-60(52)36-44;7-6-4-2-1-3-5-6;1-3-5-6-4-2;2*1-2/h1-23,25-29,31-36,40,50H,24,30H2;1-5,7H;3-4,6H,1,5H2,2H3;2*1-2H3/b;;6-4+;;. The number of thiol groups is 1. The van der Waals surface area contributed by atoms with E-state index >= 15 is 0 Å². The quantitative estimate of drug-likeness (QED) is 0.114. The number of thiophene rings is 3. The first-order chi connectivity index (χ1) is 41.0. The average molecular weight is 1170 g/mol. The van der Waals surface area contributed by atoms with Crippen molar-refractivity contribution >= 4 is 147 Å². The first-order valence-corrected chi connectivity index (χ1v) is 32.7. The summed E-state index contributed by atoms with van der Waals surface area (Å²) in [7, 11) is 0. The Kier molecular flexibility index (Phi) is 18.4. The summed E-state index contributed by atoms with van der Waals surface area (Å²) in [5.74, 6) is 0.437. The minimum atomic E-state index is 0.153. The van der Waals surface area contributed by atoms with Crippen LogP contribution in [0.25, 0.3) is 66.1 Å². The highest BCUT2D eigenvalue weighted by Gasteiger charge is 2.31. The lowest BCUT2D eigenvalue weighted by Gasteiger charge is -2.33. The summed E-state index contributed by atoms with van der Waals surface area (Å²) in [5, 5.41) is 7.97. The van der Waals surface area contributed by atoms with Gasteiger partial charge in [-0.25, -0.2) is 0 Å². The number of hydrogen-bond acceptors (Lipinski definition) is 7. The number of rotatable bonds is 9. The number of allylic oxidation sites excluding steroid dienone is 8. The summed E-state index contributed by atoms with van der Waals surface area (Å²) in [5.41, 5.74) is 9.98. The summed E-state index contributed by atoms with van der Waals surface area (Å²) in [6.45, 7) is 13.6. The second kappa shape index (κ2) is 26.7. The topological polar surface area (TPSA) is 6.48 Å². The van der Waals surface area contributed by atoms with Crippen LogP contribution >= 0.6 is 58.4 Å². The minimum absolute atomic E-state index is 0.153. The van der Waals surface area contributed by atoms with E-state index in [-0.39, 0.29) is 6.04 Å². The maximum absolute atomic E-state index is 4.08. The van der Waals surface area contributed by atoms with Gasteiger partial charge in [-0.1, -0.05) is 203 Å². The van der Waals surface area contributed by atoms with E-state index in [9.17, 15) is 0 Å². The lowest BCUT2D eigenvalue weighted by atomic mass is 9.91. The van der Waals surface area contributed by atoms with Gasteiger partial charge in [0, 0.05) is 105 Å². The molecule has 0 bridgehead atoms. The molecule has 0 saturated carbocycles. The SMILES string of the molecule is C1=CC(N(c2ccc3c(c2)sc2ccccc23)c2ccc3c(c2)sc2ccccc23)CC=C1c1ccc(N(C2=CCC3C(=C2)Sc2ccccc23)c2ccc3c(c2)sc2ccccc23)cc1.C=CC/C=C/C.CC.CC.Sc1ccccc1. The Morgan fingerprint density at radius 2 is 1.01 bits per heavy atom. The molecule has 12 aromatic rings. The molecule has 15 rings (SSSR count). The second-order valence-electron chi connectivity index (χ2n) is 19.9. The Morgan fingerprint density at radius 3 is 1.52 bits per heavy atom. The van der Waals surface area contributed by atoms with Crippen molar-refractivity contribution < 1.29 is 0 Å². The molecule has 3 aliphatic rings. The van der Waals surface area contributed by atoms with Crippen LogP contribution in [0.2, 0.25) is 0 Å². The smallest absolute Gasteiger partial charge is 0.0560 e. The third-order valence-electron chi connectivity index (χ3n) is 15.0. The van der Waals surface area contributed by atoms with Gasteiger partial charge in [0.15, 0.2) is 0 Å². The van der Waals surface area contributed by atoms with Crippen molar-refractivity contribution in [2.45, 2.75) is 75.6 Å². The Bertz CT molecular complexity index is 4280. The largest absolute Gasteiger partial charge is 0.334 e. The van der Waals surface area contributed by atoms with Gasteiger partial charge in [-0.2, -0.15) is 0 Å². The third kappa shape index (κ3) is 12.1. The number of fused-ring (bicyclic) bond motifs is 12. The van der Waals surface area contributed by atoms with Crippen LogP contribution in [-0.2, 0) is 0 Å². The zero-order valence-corrected chi connectivity index (χ0v) is 51.9.